The lowest BCUT2D eigenvalue weighted by Gasteiger charge is -2.06. The number of hydrogen-bond acceptors (Lipinski definition) is 5. The Morgan fingerprint density at radius 1 is 1.32 bits per heavy atom. The molecule has 0 aliphatic heterocycles. The van der Waals surface area contributed by atoms with Crippen LogP contribution in [0.25, 0.3) is 11.3 Å². The molecule has 0 aliphatic carbocycles. The number of nitrogens with one attached hydrogen (secondary N) is 1. The predicted molar refractivity (Wildman–Crippen MR) is 70.9 cm³/mol. The van der Waals surface area contributed by atoms with E-state index in [1.54, 1.807) is 24.3 Å². The van der Waals surface area contributed by atoms with Gasteiger partial charge in [0.1, 0.15) is 23.8 Å². The standard InChI is InChI=1S/C13H11N5O/c1-8(19)18-10-4-2-9(3-5-10)12-11(6-14)13(15)17-7-16-12/h2-5,7H,1H3,(H,18,19)(H2,15,16,17). The van der Waals surface area contributed by atoms with Crippen LogP contribution in [0.4, 0.5) is 11.5 Å². The highest BCUT2D eigenvalue weighted by atomic mass is 16.1. The van der Waals surface area contributed by atoms with Gasteiger partial charge in [0, 0.05) is 18.2 Å². The second kappa shape index (κ2) is 5.14. The Kier molecular flexibility index (Phi) is 3.39. The molecule has 0 saturated heterocycles. The van der Waals surface area contributed by atoms with Crippen LogP contribution in [0.3, 0.4) is 0 Å². The van der Waals surface area contributed by atoms with Crippen LogP contribution < -0.4 is 11.1 Å². The molecule has 1 amide bonds. The summed E-state index contributed by atoms with van der Waals surface area (Å²) >= 11 is 0. The molecule has 0 atom stereocenters. The number of nitrogens with zero attached hydrogens (tertiary/aromatic N) is 3. The maximum atomic E-state index is 10.9. The molecule has 0 radical (unpaired) electrons. The van der Waals surface area contributed by atoms with E-state index >= 15 is 0 Å². The fourth-order valence-electron chi connectivity index (χ4n) is 1.64. The first-order chi connectivity index (χ1) is 9.11. The zero-order chi connectivity index (χ0) is 13.8. The Morgan fingerprint density at radius 2 is 2.00 bits per heavy atom. The van der Waals surface area contributed by atoms with Crippen molar-refractivity contribution >= 4 is 17.4 Å². The van der Waals surface area contributed by atoms with Gasteiger partial charge in [0.2, 0.25) is 5.91 Å². The van der Waals surface area contributed by atoms with E-state index in [4.69, 9.17) is 11.0 Å². The summed E-state index contributed by atoms with van der Waals surface area (Å²) in [6.07, 6.45) is 1.31. The molecule has 1 heterocycles. The van der Waals surface area contributed by atoms with Gasteiger partial charge in [0.15, 0.2) is 0 Å². The number of nitrogen functional groups attached to an aromatic ring is 1. The van der Waals surface area contributed by atoms with Gasteiger partial charge in [0.05, 0.1) is 5.69 Å². The van der Waals surface area contributed by atoms with Crippen molar-refractivity contribution in [1.82, 2.24) is 9.97 Å². The molecular weight excluding hydrogens is 242 g/mol. The third-order valence-electron chi connectivity index (χ3n) is 2.47. The van der Waals surface area contributed by atoms with E-state index < -0.39 is 0 Å². The lowest BCUT2D eigenvalue weighted by molar-refractivity contribution is -0.114. The Morgan fingerprint density at radius 3 is 2.58 bits per heavy atom. The fraction of sp³-hybridized carbons (Fsp3) is 0.0769. The summed E-state index contributed by atoms with van der Waals surface area (Å²) in [7, 11) is 0. The van der Waals surface area contributed by atoms with Crippen LogP contribution in [0.1, 0.15) is 12.5 Å². The zero-order valence-electron chi connectivity index (χ0n) is 10.2. The molecule has 6 nitrogen and oxygen atoms in total. The van der Waals surface area contributed by atoms with Gasteiger partial charge < -0.3 is 11.1 Å². The topological polar surface area (TPSA) is 105 Å². The quantitative estimate of drug-likeness (QED) is 0.844. The first-order valence-electron chi connectivity index (χ1n) is 5.50. The lowest BCUT2D eigenvalue weighted by atomic mass is 10.1. The maximum absolute atomic E-state index is 10.9. The maximum Gasteiger partial charge on any atom is 0.221 e. The fourth-order valence-corrected chi connectivity index (χ4v) is 1.64. The second-order valence-corrected chi connectivity index (χ2v) is 3.85. The largest absolute Gasteiger partial charge is 0.382 e. The SMILES string of the molecule is CC(=O)Nc1ccc(-c2ncnc(N)c2C#N)cc1. The summed E-state index contributed by atoms with van der Waals surface area (Å²) < 4.78 is 0. The molecule has 0 bridgehead atoms. The third-order valence-corrected chi connectivity index (χ3v) is 2.47. The molecule has 0 aliphatic rings. The molecule has 1 aromatic heterocycles. The minimum Gasteiger partial charge on any atom is -0.382 e. The van der Waals surface area contributed by atoms with Crippen LogP contribution in [0.15, 0.2) is 30.6 Å². The third kappa shape index (κ3) is 2.66. The van der Waals surface area contributed by atoms with Gasteiger partial charge in [-0.3, -0.25) is 4.79 Å². The summed E-state index contributed by atoms with van der Waals surface area (Å²) in [5.41, 5.74) is 7.77. The number of rotatable bonds is 2. The number of aromatic nitrogens is 2. The number of amides is 1. The molecule has 6 heteroatoms. The van der Waals surface area contributed by atoms with Crippen LogP contribution in [0.5, 0.6) is 0 Å². The van der Waals surface area contributed by atoms with Crippen LogP contribution in [0.2, 0.25) is 0 Å². The molecule has 94 valence electrons. The summed E-state index contributed by atoms with van der Waals surface area (Å²) in [4.78, 5) is 18.8. The van der Waals surface area contributed by atoms with Gasteiger partial charge in [-0.15, -0.1) is 0 Å². The van der Waals surface area contributed by atoms with Crippen LogP contribution >= 0.6 is 0 Å². The predicted octanol–water partition coefficient (Wildman–Crippen LogP) is 1.56. The molecule has 2 rings (SSSR count). The summed E-state index contributed by atoms with van der Waals surface area (Å²) in [6.45, 7) is 1.44. The van der Waals surface area contributed by atoms with Gasteiger partial charge >= 0.3 is 0 Å². The van der Waals surface area contributed by atoms with Crippen molar-refractivity contribution < 1.29 is 4.79 Å². The number of carbonyl (C=O) groups is 1. The van der Waals surface area contributed by atoms with Crippen LogP contribution in [-0.2, 0) is 4.79 Å². The number of carbonyl (C=O) groups excluding carboxylic acids is 1. The number of nitriles is 1. The van der Waals surface area contributed by atoms with E-state index in [0.29, 0.717) is 11.4 Å². The first-order valence-corrected chi connectivity index (χ1v) is 5.50. The zero-order valence-corrected chi connectivity index (χ0v) is 10.2. The van der Waals surface area contributed by atoms with E-state index in [1.165, 1.54) is 13.3 Å². The van der Waals surface area contributed by atoms with Crippen molar-refractivity contribution in [2.75, 3.05) is 11.1 Å². The number of hydrogen-bond donors (Lipinski definition) is 2. The van der Waals surface area contributed by atoms with Crippen molar-refractivity contribution in [1.29, 1.82) is 5.26 Å². The van der Waals surface area contributed by atoms with Crippen molar-refractivity contribution in [3.8, 4) is 17.3 Å². The molecule has 0 saturated carbocycles. The van der Waals surface area contributed by atoms with E-state index in [-0.39, 0.29) is 17.3 Å². The van der Waals surface area contributed by atoms with Crippen molar-refractivity contribution in [2.24, 2.45) is 0 Å². The highest BCUT2D eigenvalue weighted by Crippen LogP contribution is 2.24. The Hall–Kier alpha value is -2.94. The second-order valence-electron chi connectivity index (χ2n) is 3.85. The van der Waals surface area contributed by atoms with Gasteiger partial charge in [-0.05, 0) is 12.1 Å². The molecule has 3 N–H and O–H groups in total. The van der Waals surface area contributed by atoms with Crippen LogP contribution in [0, 0.1) is 11.3 Å². The number of nitrogens with two attached hydrogens (primary N) is 1. The van der Waals surface area contributed by atoms with Gasteiger partial charge in [0.25, 0.3) is 0 Å². The highest BCUT2D eigenvalue weighted by molar-refractivity contribution is 5.89. The Labute approximate surface area is 109 Å². The molecule has 1 aromatic carbocycles. The molecule has 2 aromatic rings. The van der Waals surface area contributed by atoms with Crippen LogP contribution in [-0.4, -0.2) is 15.9 Å². The van der Waals surface area contributed by atoms with Crippen molar-refractivity contribution in [3.63, 3.8) is 0 Å². The number of anilines is 2. The minimum absolute atomic E-state index is 0.142. The monoisotopic (exact) mass is 253 g/mol. The van der Waals surface area contributed by atoms with E-state index in [9.17, 15) is 4.79 Å². The normalized spacial score (nSPS) is 9.68. The van der Waals surface area contributed by atoms with E-state index in [2.05, 4.69) is 15.3 Å². The molecule has 0 spiro atoms. The first kappa shape index (κ1) is 12.5. The Bertz CT molecular complexity index is 658. The summed E-state index contributed by atoms with van der Waals surface area (Å²) in [5.74, 6) is 0.00943. The summed E-state index contributed by atoms with van der Waals surface area (Å²) in [6, 6.07) is 8.97. The smallest absolute Gasteiger partial charge is 0.221 e. The molecule has 0 fully saturated rings. The lowest BCUT2D eigenvalue weighted by Crippen LogP contribution is -2.05. The average Bonchev–Trinajstić information content (AvgIpc) is 2.38. The molecule has 0 unspecified atom stereocenters. The van der Waals surface area contributed by atoms with E-state index in [0.717, 1.165) is 5.56 Å². The molecular formula is C13H11N5O. The van der Waals surface area contributed by atoms with E-state index in [1.807, 2.05) is 6.07 Å². The van der Waals surface area contributed by atoms with Gasteiger partial charge in [-0.25, -0.2) is 9.97 Å². The van der Waals surface area contributed by atoms with Gasteiger partial charge in [-0.1, -0.05) is 12.1 Å². The van der Waals surface area contributed by atoms with Crippen molar-refractivity contribution in [2.45, 2.75) is 6.92 Å². The Balaban J connectivity index is 2.41. The number of benzene rings is 1. The highest BCUT2D eigenvalue weighted by Gasteiger charge is 2.10. The average molecular weight is 253 g/mol. The minimum atomic E-state index is -0.142. The molecule has 19 heavy (non-hydrogen) atoms. The van der Waals surface area contributed by atoms with Crippen molar-refractivity contribution in [3.05, 3.63) is 36.2 Å². The summed E-state index contributed by atoms with van der Waals surface area (Å²) in [5, 5.41) is 11.7. The van der Waals surface area contributed by atoms with Gasteiger partial charge in [-0.2, -0.15) is 5.26 Å².